The lowest BCUT2D eigenvalue weighted by atomic mass is 10.2. The predicted molar refractivity (Wildman–Crippen MR) is 98.3 cm³/mol. The highest BCUT2D eigenvalue weighted by molar-refractivity contribution is 5.93. The average molecular weight is 416 g/mol. The molecule has 2 heterocycles. The van der Waals surface area contributed by atoms with Crippen molar-refractivity contribution in [3.05, 3.63) is 0 Å². The molecule has 2 unspecified atom stereocenters. The van der Waals surface area contributed by atoms with Crippen LogP contribution in [0.1, 0.15) is 12.8 Å². The first-order valence-corrected chi connectivity index (χ1v) is 9.48. The molecule has 2 atom stereocenters. The van der Waals surface area contributed by atoms with E-state index in [-0.39, 0.29) is 0 Å². The zero-order chi connectivity index (χ0) is 21.2. The molecule has 13 nitrogen and oxygen atoms in total. The van der Waals surface area contributed by atoms with Crippen molar-refractivity contribution >= 4 is 23.9 Å². The second-order valence-corrected chi connectivity index (χ2v) is 6.77. The number of hydrogen-bond donors (Lipinski definition) is 6. The molecule has 0 aromatic heterocycles. The van der Waals surface area contributed by atoms with Crippen LogP contribution in [0, 0.1) is 0 Å². The van der Waals surface area contributed by atoms with Crippen LogP contribution in [0.5, 0.6) is 0 Å². The second kappa shape index (κ2) is 11.7. The molecule has 13 heteroatoms. The van der Waals surface area contributed by atoms with Gasteiger partial charge in [0.2, 0.25) is 0 Å². The molecule has 2 rings (SSSR count). The standard InChI is InChI=1S/C16H28N6O7/c23-13(24)9-11(19-21-5-1-17-2-6-21)15(27)29-16(28)12(10-14(25)26)20-22-7-3-18-4-8-22/h11-12,17-20H,1-10H2,(H,23,24)(H,25,26). The van der Waals surface area contributed by atoms with Gasteiger partial charge in [-0.3, -0.25) is 9.59 Å². The van der Waals surface area contributed by atoms with Gasteiger partial charge in [0, 0.05) is 52.4 Å². The van der Waals surface area contributed by atoms with E-state index in [4.69, 9.17) is 14.9 Å². The van der Waals surface area contributed by atoms with E-state index in [0.29, 0.717) is 52.4 Å². The molecule has 2 saturated heterocycles. The Labute approximate surface area is 167 Å². The van der Waals surface area contributed by atoms with Crippen LogP contribution >= 0.6 is 0 Å². The number of aliphatic carboxylic acids is 2. The zero-order valence-corrected chi connectivity index (χ0v) is 16.1. The molecule has 0 radical (unpaired) electrons. The lowest BCUT2D eigenvalue weighted by Crippen LogP contribution is -2.58. The van der Waals surface area contributed by atoms with Crippen LogP contribution in [0.2, 0.25) is 0 Å². The topological polar surface area (TPSA) is 173 Å². The van der Waals surface area contributed by atoms with E-state index in [2.05, 4.69) is 21.5 Å². The molecule has 0 bridgehead atoms. The van der Waals surface area contributed by atoms with E-state index in [1.165, 1.54) is 0 Å². The fourth-order valence-electron chi connectivity index (χ4n) is 2.98. The molecule has 2 fully saturated rings. The molecule has 0 amide bonds. The summed E-state index contributed by atoms with van der Waals surface area (Å²) in [6, 6.07) is -2.53. The van der Waals surface area contributed by atoms with Gasteiger partial charge in [-0.05, 0) is 0 Å². The van der Waals surface area contributed by atoms with Crippen molar-refractivity contribution in [1.82, 2.24) is 31.5 Å². The van der Waals surface area contributed by atoms with Crippen LogP contribution < -0.4 is 21.5 Å². The summed E-state index contributed by atoms with van der Waals surface area (Å²) < 4.78 is 4.85. The number of nitrogens with zero attached hydrogens (tertiary/aromatic N) is 2. The van der Waals surface area contributed by atoms with Gasteiger partial charge in [-0.2, -0.15) is 0 Å². The first-order valence-electron chi connectivity index (χ1n) is 9.48. The number of carbonyl (C=O) groups excluding carboxylic acids is 2. The van der Waals surface area contributed by atoms with Gasteiger partial charge in [0.1, 0.15) is 12.1 Å². The fourth-order valence-corrected chi connectivity index (χ4v) is 2.98. The fraction of sp³-hybridized carbons (Fsp3) is 0.750. The summed E-state index contributed by atoms with van der Waals surface area (Å²) in [4.78, 5) is 47.1. The Bertz CT molecular complexity index is 542. The predicted octanol–water partition coefficient (Wildman–Crippen LogP) is -3.44. The number of ether oxygens (including phenoxy) is 1. The molecule has 0 aliphatic carbocycles. The average Bonchev–Trinajstić information content (AvgIpc) is 2.68. The third kappa shape index (κ3) is 8.39. The number of piperazine rings is 2. The van der Waals surface area contributed by atoms with E-state index in [1.807, 2.05) is 0 Å². The quantitative estimate of drug-likeness (QED) is 0.154. The van der Waals surface area contributed by atoms with Gasteiger partial charge in [0.25, 0.3) is 0 Å². The third-order valence-corrected chi connectivity index (χ3v) is 4.44. The minimum atomic E-state index is -1.26. The van der Waals surface area contributed by atoms with Crippen molar-refractivity contribution in [1.29, 1.82) is 0 Å². The monoisotopic (exact) mass is 416 g/mol. The summed E-state index contributed by atoms with van der Waals surface area (Å²) in [5.41, 5.74) is 5.57. The van der Waals surface area contributed by atoms with E-state index < -0.39 is 48.8 Å². The van der Waals surface area contributed by atoms with Crippen molar-refractivity contribution in [2.75, 3.05) is 52.4 Å². The number of rotatable bonds is 10. The maximum absolute atomic E-state index is 12.4. The Kier molecular flexibility index (Phi) is 9.37. The van der Waals surface area contributed by atoms with Gasteiger partial charge in [-0.25, -0.2) is 30.5 Å². The highest BCUT2D eigenvalue weighted by atomic mass is 16.6. The number of hydrazine groups is 2. The van der Waals surface area contributed by atoms with Crippen molar-refractivity contribution in [3.8, 4) is 0 Å². The van der Waals surface area contributed by atoms with Crippen molar-refractivity contribution < 1.29 is 34.1 Å². The van der Waals surface area contributed by atoms with E-state index >= 15 is 0 Å². The summed E-state index contributed by atoms with van der Waals surface area (Å²) in [6.07, 6.45) is -1.16. The summed E-state index contributed by atoms with van der Waals surface area (Å²) >= 11 is 0. The smallest absolute Gasteiger partial charge is 0.332 e. The first kappa shape index (κ1) is 23.1. The first-order chi connectivity index (χ1) is 13.8. The Morgan fingerprint density at radius 3 is 1.41 bits per heavy atom. The van der Waals surface area contributed by atoms with Crippen LogP contribution in [-0.4, -0.2) is 109 Å². The molecule has 0 aromatic rings. The molecule has 6 N–H and O–H groups in total. The largest absolute Gasteiger partial charge is 0.481 e. The number of nitrogens with one attached hydrogen (secondary N) is 4. The molecule has 2 aliphatic heterocycles. The van der Waals surface area contributed by atoms with Crippen LogP contribution in [-0.2, 0) is 23.9 Å². The summed E-state index contributed by atoms with van der Waals surface area (Å²) in [5, 5.41) is 27.8. The highest BCUT2D eigenvalue weighted by Gasteiger charge is 2.32. The van der Waals surface area contributed by atoms with Crippen LogP contribution in [0.25, 0.3) is 0 Å². The van der Waals surface area contributed by atoms with Gasteiger partial charge < -0.3 is 25.6 Å². The Morgan fingerprint density at radius 1 is 0.759 bits per heavy atom. The summed E-state index contributed by atoms with van der Waals surface area (Å²) in [7, 11) is 0. The van der Waals surface area contributed by atoms with Gasteiger partial charge >= 0.3 is 23.9 Å². The summed E-state index contributed by atoms with van der Waals surface area (Å²) in [5.74, 6) is -4.59. The van der Waals surface area contributed by atoms with E-state index in [1.54, 1.807) is 10.0 Å². The minimum absolute atomic E-state index is 0.545. The molecular weight excluding hydrogens is 388 g/mol. The van der Waals surface area contributed by atoms with E-state index in [9.17, 15) is 19.2 Å². The SMILES string of the molecule is O=C(O)CC(NN1CCNCC1)C(=O)OC(=O)C(CC(=O)O)NN1CCNCC1. The lowest BCUT2D eigenvalue weighted by Gasteiger charge is -2.32. The molecule has 0 spiro atoms. The Morgan fingerprint density at radius 2 is 1.10 bits per heavy atom. The molecular formula is C16H28N6O7. The highest BCUT2D eigenvalue weighted by Crippen LogP contribution is 2.05. The Hall–Kier alpha value is -2.16. The van der Waals surface area contributed by atoms with Crippen molar-refractivity contribution in [2.45, 2.75) is 24.9 Å². The van der Waals surface area contributed by atoms with Crippen LogP contribution in [0.4, 0.5) is 0 Å². The van der Waals surface area contributed by atoms with Gasteiger partial charge in [-0.1, -0.05) is 0 Å². The minimum Gasteiger partial charge on any atom is -0.481 e. The molecule has 2 aliphatic rings. The molecule has 0 aromatic carbocycles. The molecule has 0 saturated carbocycles. The number of esters is 2. The Balaban J connectivity index is 1.97. The maximum atomic E-state index is 12.4. The second-order valence-electron chi connectivity index (χ2n) is 6.77. The number of carbonyl (C=O) groups is 4. The normalized spacial score (nSPS) is 20.6. The van der Waals surface area contributed by atoms with Crippen LogP contribution in [0.3, 0.4) is 0 Å². The number of carboxylic acid groups (broad SMARTS) is 2. The number of hydrogen-bond acceptors (Lipinski definition) is 11. The van der Waals surface area contributed by atoms with Gasteiger partial charge in [-0.15, -0.1) is 0 Å². The van der Waals surface area contributed by atoms with Gasteiger partial charge in [0.05, 0.1) is 12.8 Å². The van der Waals surface area contributed by atoms with Crippen molar-refractivity contribution in [2.24, 2.45) is 0 Å². The maximum Gasteiger partial charge on any atom is 0.332 e. The van der Waals surface area contributed by atoms with Crippen molar-refractivity contribution in [3.63, 3.8) is 0 Å². The molecule has 29 heavy (non-hydrogen) atoms. The third-order valence-electron chi connectivity index (χ3n) is 4.44. The lowest BCUT2D eigenvalue weighted by molar-refractivity contribution is -0.167. The zero-order valence-electron chi connectivity index (χ0n) is 16.1. The summed E-state index contributed by atoms with van der Waals surface area (Å²) in [6.45, 7) is 4.83. The molecule has 164 valence electrons. The van der Waals surface area contributed by atoms with Crippen LogP contribution in [0.15, 0.2) is 0 Å². The van der Waals surface area contributed by atoms with E-state index in [0.717, 1.165) is 0 Å². The van der Waals surface area contributed by atoms with Gasteiger partial charge in [0.15, 0.2) is 0 Å². The number of carboxylic acids is 2.